The third kappa shape index (κ3) is 4.06. The summed E-state index contributed by atoms with van der Waals surface area (Å²) in [5.41, 5.74) is 0. The van der Waals surface area contributed by atoms with E-state index in [4.69, 9.17) is 9.47 Å². The lowest BCUT2D eigenvalue weighted by Crippen LogP contribution is -2.15. The summed E-state index contributed by atoms with van der Waals surface area (Å²) in [4.78, 5) is 1.24. The van der Waals surface area contributed by atoms with Crippen molar-refractivity contribution < 1.29 is 9.47 Å². The number of rotatable bonds is 5. The van der Waals surface area contributed by atoms with Crippen molar-refractivity contribution in [1.82, 2.24) is 0 Å². The monoisotopic (exact) mass is 226 g/mol. The van der Waals surface area contributed by atoms with Crippen LogP contribution in [0.4, 0.5) is 0 Å². The molecule has 0 aliphatic rings. The van der Waals surface area contributed by atoms with E-state index >= 15 is 0 Å². The number of hydrogen-bond acceptors (Lipinski definition) is 2. The molecule has 0 spiro atoms. The first-order chi connectivity index (χ1) is 7.13. The van der Waals surface area contributed by atoms with Crippen LogP contribution in [0.15, 0.2) is 29.2 Å². The molecular formula is C12H18O2S. The first-order valence-corrected chi connectivity index (χ1v) is 6.77. The van der Waals surface area contributed by atoms with E-state index in [1.165, 1.54) is 4.90 Å². The lowest BCUT2D eigenvalue weighted by Gasteiger charge is -2.14. The molecule has 0 amide bonds. The topological polar surface area (TPSA) is 18.5 Å². The van der Waals surface area contributed by atoms with E-state index in [0.29, 0.717) is 6.61 Å². The van der Waals surface area contributed by atoms with E-state index in [9.17, 15) is 0 Å². The average molecular weight is 226 g/mol. The van der Waals surface area contributed by atoms with Crippen LogP contribution in [0, 0.1) is 0 Å². The van der Waals surface area contributed by atoms with Crippen molar-refractivity contribution >= 4 is 16.4 Å². The molecular weight excluding hydrogens is 208 g/mol. The summed E-state index contributed by atoms with van der Waals surface area (Å²) in [5.74, 6) is 4.83. The second kappa shape index (κ2) is 5.93. The normalized spacial score (nSPS) is 14.6. The van der Waals surface area contributed by atoms with Gasteiger partial charge in [0.15, 0.2) is 6.29 Å². The SMILES string of the molecule is C=S(C)c1ccc(OC(C)OCC)cc1. The van der Waals surface area contributed by atoms with Crippen LogP contribution in [0.1, 0.15) is 13.8 Å². The van der Waals surface area contributed by atoms with Gasteiger partial charge in [-0.2, -0.15) is 10.5 Å². The molecule has 0 aliphatic carbocycles. The molecule has 15 heavy (non-hydrogen) atoms. The molecule has 3 heteroatoms. The Bertz CT molecular complexity index is 319. The van der Waals surface area contributed by atoms with Crippen molar-refractivity contribution in [3.63, 3.8) is 0 Å². The first kappa shape index (κ1) is 12.3. The van der Waals surface area contributed by atoms with Gasteiger partial charge in [-0.15, -0.1) is 0 Å². The first-order valence-electron chi connectivity index (χ1n) is 4.97. The van der Waals surface area contributed by atoms with E-state index in [2.05, 4.69) is 12.1 Å². The van der Waals surface area contributed by atoms with Gasteiger partial charge in [0.25, 0.3) is 0 Å². The van der Waals surface area contributed by atoms with E-state index in [1.54, 1.807) is 0 Å². The van der Waals surface area contributed by atoms with E-state index in [0.717, 1.165) is 5.75 Å². The van der Waals surface area contributed by atoms with Crippen molar-refractivity contribution in [1.29, 1.82) is 0 Å². The Morgan fingerprint density at radius 2 is 1.93 bits per heavy atom. The molecule has 1 aromatic rings. The highest BCUT2D eigenvalue weighted by Gasteiger charge is 2.02. The predicted molar refractivity (Wildman–Crippen MR) is 67.1 cm³/mol. The predicted octanol–water partition coefficient (Wildman–Crippen LogP) is 3.14. The Labute approximate surface area is 94.1 Å². The zero-order valence-corrected chi connectivity index (χ0v) is 10.3. The van der Waals surface area contributed by atoms with Crippen molar-refractivity contribution in [2.45, 2.75) is 25.0 Å². The minimum atomic E-state index is -0.194. The molecule has 0 saturated heterocycles. The van der Waals surface area contributed by atoms with E-state index < -0.39 is 0 Å². The summed E-state index contributed by atoms with van der Waals surface area (Å²) in [6.45, 7) is 4.51. The molecule has 0 bridgehead atoms. The van der Waals surface area contributed by atoms with E-state index in [1.807, 2.05) is 38.1 Å². The summed E-state index contributed by atoms with van der Waals surface area (Å²) in [6, 6.07) is 8.01. The largest absolute Gasteiger partial charge is 0.465 e. The van der Waals surface area contributed by atoms with Gasteiger partial charge in [0.05, 0.1) is 0 Å². The maximum atomic E-state index is 5.55. The quantitative estimate of drug-likeness (QED) is 0.567. The molecule has 0 saturated carbocycles. The van der Waals surface area contributed by atoms with Gasteiger partial charge in [-0.3, -0.25) is 0 Å². The smallest absolute Gasteiger partial charge is 0.196 e. The Morgan fingerprint density at radius 1 is 1.33 bits per heavy atom. The third-order valence-electron chi connectivity index (χ3n) is 1.93. The summed E-state index contributed by atoms with van der Waals surface area (Å²) in [6.07, 6.45) is 1.90. The number of benzene rings is 1. The van der Waals surface area contributed by atoms with Gasteiger partial charge in [0.1, 0.15) is 5.75 Å². The molecule has 2 unspecified atom stereocenters. The Hall–Kier alpha value is -0.800. The second-order valence-electron chi connectivity index (χ2n) is 3.25. The molecule has 0 radical (unpaired) electrons. The van der Waals surface area contributed by atoms with Gasteiger partial charge in [0.2, 0.25) is 0 Å². The van der Waals surface area contributed by atoms with Crippen LogP contribution in [-0.4, -0.2) is 25.0 Å². The third-order valence-corrected chi connectivity index (χ3v) is 3.01. The fraction of sp³-hybridized carbons (Fsp3) is 0.417. The second-order valence-corrected chi connectivity index (χ2v) is 5.00. The molecule has 2 atom stereocenters. The molecule has 2 nitrogen and oxygen atoms in total. The highest BCUT2D eigenvalue weighted by Crippen LogP contribution is 2.23. The van der Waals surface area contributed by atoms with Gasteiger partial charge in [-0.1, -0.05) is 5.87 Å². The van der Waals surface area contributed by atoms with Crippen molar-refractivity contribution in [3.8, 4) is 5.75 Å². The van der Waals surface area contributed by atoms with Crippen molar-refractivity contribution in [2.75, 3.05) is 12.9 Å². The zero-order chi connectivity index (χ0) is 11.3. The lowest BCUT2D eigenvalue weighted by atomic mass is 10.3. The van der Waals surface area contributed by atoms with Gasteiger partial charge in [-0.05, 0) is 44.4 Å². The molecule has 0 aliphatic heterocycles. The van der Waals surface area contributed by atoms with Crippen LogP contribution in [0.25, 0.3) is 0 Å². The number of ether oxygens (including phenoxy) is 2. The highest BCUT2D eigenvalue weighted by atomic mass is 32.2. The lowest BCUT2D eigenvalue weighted by molar-refractivity contribution is -0.0613. The zero-order valence-electron chi connectivity index (χ0n) is 9.53. The van der Waals surface area contributed by atoms with Crippen molar-refractivity contribution in [3.05, 3.63) is 24.3 Å². The fourth-order valence-electron chi connectivity index (χ4n) is 1.21. The minimum Gasteiger partial charge on any atom is -0.465 e. The molecule has 1 aromatic carbocycles. The summed E-state index contributed by atoms with van der Waals surface area (Å²) in [7, 11) is 0.0599. The maximum absolute atomic E-state index is 5.55. The fourth-order valence-corrected chi connectivity index (χ4v) is 1.81. The Morgan fingerprint density at radius 3 is 2.40 bits per heavy atom. The van der Waals surface area contributed by atoms with Gasteiger partial charge < -0.3 is 9.47 Å². The number of hydrogen-bond donors (Lipinski definition) is 0. The summed E-state index contributed by atoms with van der Waals surface area (Å²) >= 11 is 0. The van der Waals surface area contributed by atoms with Gasteiger partial charge in [0, 0.05) is 11.5 Å². The molecule has 0 heterocycles. The minimum absolute atomic E-state index is 0.0599. The van der Waals surface area contributed by atoms with Crippen LogP contribution in [0.2, 0.25) is 0 Å². The summed E-state index contributed by atoms with van der Waals surface area (Å²) < 4.78 is 10.8. The standard InChI is InChI=1S/C12H18O2S/c1-5-13-10(2)14-11-6-8-12(9-7-11)15(3)4/h6-10H,3,5H2,1-2,4H3. The van der Waals surface area contributed by atoms with Gasteiger partial charge in [-0.25, -0.2) is 0 Å². The van der Waals surface area contributed by atoms with Crippen LogP contribution < -0.4 is 4.74 Å². The Balaban J connectivity index is 2.60. The Kier molecular flexibility index (Phi) is 4.85. The van der Waals surface area contributed by atoms with Gasteiger partial charge >= 0.3 is 0 Å². The van der Waals surface area contributed by atoms with E-state index in [-0.39, 0.29) is 16.8 Å². The molecule has 0 fully saturated rings. The van der Waals surface area contributed by atoms with Crippen LogP contribution in [-0.2, 0) is 4.74 Å². The summed E-state index contributed by atoms with van der Waals surface area (Å²) in [5, 5.41) is 0. The van der Waals surface area contributed by atoms with Crippen LogP contribution in [0.5, 0.6) is 5.75 Å². The van der Waals surface area contributed by atoms with Crippen LogP contribution in [0.3, 0.4) is 0 Å². The van der Waals surface area contributed by atoms with Crippen molar-refractivity contribution in [2.24, 2.45) is 0 Å². The average Bonchev–Trinajstić information content (AvgIpc) is 2.18. The molecule has 0 aromatic heterocycles. The van der Waals surface area contributed by atoms with Crippen LogP contribution >= 0.6 is 10.5 Å². The molecule has 84 valence electrons. The molecule has 0 N–H and O–H groups in total. The highest BCUT2D eigenvalue weighted by molar-refractivity contribution is 8.13. The maximum Gasteiger partial charge on any atom is 0.196 e. The molecule has 1 rings (SSSR count).